The highest BCUT2D eigenvalue weighted by Gasteiger charge is 2.48. The Kier molecular flexibility index (Phi) is 5.16. The summed E-state index contributed by atoms with van der Waals surface area (Å²) in [6.45, 7) is 0. The minimum atomic E-state index is -0.374. The molecule has 5 nitrogen and oxygen atoms in total. The molecule has 130 valence electrons. The van der Waals surface area contributed by atoms with Crippen molar-refractivity contribution < 1.29 is 14.3 Å². The summed E-state index contributed by atoms with van der Waals surface area (Å²) in [5.41, 5.74) is 1.08. The minimum Gasteiger partial charge on any atom is -0.497 e. The van der Waals surface area contributed by atoms with Crippen molar-refractivity contribution >= 4 is 46.4 Å². The van der Waals surface area contributed by atoms with E-state index in [9.17, 15) is 9.59 Å². The van der Waals surface area contributed by atoms with Crippen LogP contribution in [0, 0.1) is 11.8 Å². The van der Waals surface area contributed by atoms with Crippen LogP contribution in [0.2, 0.25) is 10.0 Å². The number of ether oxygens (including phenoxy) is 1. The first-order chi connectivity index (χ1) is 12.0. The molecule has 0 saturated heterocycles. The fraction of sp³-hybridized carbons (Fsp3) is 0.222. The third-order valence-corrected chi connectivity index (χ3v) is 4.55. The van der Waals surface area contributed by atoms with Gasteiger partial charge in [-0.1, -0.05) is 29.3 Å². The highest BCUT2D eigenvalue weighted by Crippen LogP contribution is 2.41. The molecular weight excluding hydrogens is 363 g/mol. The first kappa shape index (κ1) is 17.6. The van der Waals surface area contributed by atoms with Crippen LogP contribution in [0.4, 0.5) is 11.4 Å². The largest absolute Gasteiger partial charge is 0.497 e. The second kappa shape index (κ2) is 7.33. The molecule has 0 aromatic heterocycles. The molecule has 2 atom stereocenters. The van der Waals surface area contributed by atoms with Crippen LogP contribution in [-0.4, -0.2) is 18.9 Å². The van der Waals surface area contributed by atoms with E-state index in [0.717, 1.165) is 0 Å². The lowest BCUT2D eigenvalue weighted by molar-refractivity contribution is -0.122. The highest BCUT2D eigenvalue weighted by molar-refractivity contribution is 6.35. The van der Waals surface area contributed by atoms with Crippen LogP contribution in [-0.2, 0) is 9.59 Å². The quantitative estimate of drug-likeness (QED) is 0.818. The number of rotatable bonds is 5. The van der Waals surface area contributed by atoms with Gasteiger partial charge in [0.15, 0.2) is 0 Å². The van der Waals surface area contributed by atoms with Gasteiger partial charge < -0.3 is 15.4 Å². The van der Waals surface area contributed by atoms with Crippen molar-refractivity contribution in [3.05, 3.63) is 52.5 Å². The van der Waals surface area contributed by atoms with E-state index < -0.39 is 0 Å². The number of amides is 2. The minimum absolute atomic E-state index is 0.189. The summed E-state index contributed by atoms with van der Waals surface area (Å²) in [4.78, 5) is 24.6. The van der Waals surface area contributed by atoms with Crippen LogP contribution < -0.4 is 15.4 Å². The molecule has 2 aromatic carbocycles. The molecule has 1 aliphatic carbocycles. The van der Waals surface area contributed by atoms with Gasteiger partial charge in [0.25, 0.3) is 0 Å². The summed E-state index contributed by atoms with van der Waals surface area (Å²) in [6, 6.07) is 11.9. The van der Waals surface area contributed by atoms with Crippen LogP contribution in [0.3, 0.4) is 0 Å². The van der Waals surface area contributed by atoms with Crippen molar-refractivity contribution in [3.8, 4) is 5.75 Å². The van der Waals surface area contributed by atoms with Crippen molar-refractivity contribution in [2.75, 3.05) is 17.7 Å². The number of anilines is 2. The molecule has 1 saturated carbocycles. The standard InChI is InChI=1S/C18H16Cl2N2O3/c1-25-12-4-2-3-11(8-12)21-17(23)13-9-14(13)18(24)22-16-7-10(19)5-6-15(16)20/h2-8,13-14H,9H2,1H3,(H,21,23)(H,22,24). The van der Waals surface area contributed by atoms with Gasteiger partial charge in [0.05, 0.1) is 29.7 Å². The number of hydrogen-bond acceptors (Lipinski definition) is 3. The van der Waals surface area contributed by atoms with Crippen LogP contribution in [0.1, 0.15) is 6.42 Å². The number of carbonyl (C=O) groups excluding carboxylic acids is 2. The zero-order valence-electron chi connectivity index (χ0n) is 13.4. The van der Waals surface area contributed by atoms with Crippen molar-refractivity contribution in [1.82, 2.24) is 0 Å². The van der Waals surface area contributed by atoms with E-state index in [0.29, 0.717) is 33.6 Å². The predicted molar refractivity (Wildman–Crippen MR) is 98.3 cm³/mol. The summed E-state index contributed by atoms with van der Waals surface area (Å²) in [5, 5.41) is 6.40. The average Bonchev–Trinajstić information content (AvgIpc) is 3.39. The van der Waals surface area contributed by atoms with Gasteiger partial charge in [-0.3, -0.25) is 9.59 Å². The van der Waals surface area contributed by atoms with Gasteiger partial charge in [-0.2, -0.15) is 0 Å². The summed E-state index contributed by atoms with van der Waals surface area (Å²) in [6.07, 6.45) is 0.500. The number of halogens is 2. The Labute approximate surface area is 155 Å². The van der Waals surface area contributed by atoms with E-state index in [4.69, 9.17) is 27.9 Å². The normalized spacial score (nSPS) is 18.4. The molecule has 2 aromatic rings. The second-order valence-electron chi connectivity index (χ2n) is 5.78. The van der Waals surface area contributed by atoms with E-state index in [2.05, 4.69) is 10.6 Å². The molecule has 2 unspecified atom stereocenters. The zero-order chi connectivity index (χ0) is 18.0. The molecule has 2 amide bonds. The topological polar surface area (TPSA) is 67.4 Å². The second-order valence-corrected chi connectivity index (χ2v) is 6.63. The lowest BCUT2D eigenvalue weighted by Crippen LogP contribution is -2.20. The third-order valence-electron chi connectivity index (χ3n) is 3.99. The molecule has 0 spiro atoms. The summed E-state index contributed by atoms with van der Waals surface area (Å²) >= 11 is 11.9. The number of methoxy groups -OCH3 is 1. The van der Waals surface area contributed by atoms with Gasteiger partial charge in [-0.15, -0.1) is 0 Å². The number of hydrogen-bond donors (Lipinski definition) is 2. The van der Waals surface area contributed by atoms with Crippen molar-refractivity contribution in [3.63, 3.8) is 0 Å². The Morgan fingerprint density at radius 2 is 1.76 bits per heavy atom. The molecule has 0 bridgehead atoms. The lowest BCUT2D eigenvalue weighted by Gasteiger charge is -2.08. The van der Waals surface area contributed by atoms with Gasteiger partial charge in [0.1, 0.15) is 5.75 Å². The van der Waals surface area contributed by atoms with Crippen molar-refractivity contribution in [2.45, 2.75) is 6.42 Å². The lowest BCUT2D eigenvalue weighted by atomic mass is 10.2. The fourth-order valence-corrected chi connectivity index (χ4v) is 2.87. The van der Waals surface area contributed by atoms with E-state index in [1.54, 1.807) is 49.6 Å². The predicted octanol–water partition coefficient (Wildman–Crippen LogP) is 4.22. The molecule has 0 radical (unpaired) electrons. The maximum Gasteiger partial charge on any atom is 0.228 e. The molecule has 7 heteroatoms. The molecule has 1 fully saturated rings. The Morgan fingerprint density at radius 1 is 1.04 bits per heavy atom. The van der Waals surface area contributed by atoms with E-state index in [-0.39, 0.29) is 23.7 Å². The van der Waals surface area contributed by atoms with Crippen molar-refractivity contribution in [2.24, 2.45) is 11.8 Å². The highest BCUT2D eigenvalue weighted by atomic mass is 35.5. The number of nitrogens with one attached hydrogen (secondary N) is 2. The maximum atomic E-state index is 12.3. The van der Waals surface area contributed by atoms with Crippen LogP contribution in [0.15, 0.2) is 42.5 Å². The first-order valence-electron chi connectivity index (χ1n) is 7.69. The number of carbonyl (C=O) groups is 2. The number of benzene rings is 2. The molecule has 1 aliphatic rings. The third kappa shape index (κ3) is 4.24. The van der Waals surface area contributed by atoms with Gasteiger partial charge in [0.2, 0.25) is 11.8 Å². The van der Waals surface area contributed by atoms with Gasteiger partial charge >= 0.3 is 0 Å². The van der Waals surface area contributed by atoms with Gasteiger partial charge in [0, 0.05) is 16.8 Å². The SMILES string of the molecule is COc1cccc(NC(=O)C2CC2C(=O)Nc2cc(Cl)ccc2Cl)c1. The molecule has 0 heterocycles. The molecule has 3 rings (SSSR count). The van der Waals surface area contributed by atoms with E-state index in [1.807, 2.05) is 0 Å². The molecular formula is C18H16Cl2N2O3. The molecule has 0 aliphatic heterocycles. The summed E-state index contributed by atoms with van der Waals surface area (Å²) in [7, 11) is 1.56. The molecule has 2 N–H and O–H groups in total. The van der Waals surface area contributed by atoms with Crippen LogP contribution in [0.5, 0.6) is 5.75 Å². The average molecular weight is 379 g/mol. The first-order valence-corrected chi connectivity index (χ1v) is 8.44. The van der Waals surface area contributed by atoms with E-state index in [1.165, 1.54) is 0 Å². The van der Waals surface area contributed by atoms with E-state index >= 15 is 0 Å². The summed E-state index contributed by atoms with van der Waals surface area (Å²) in [5.74, 6) is -0.510. The zero-order valence-corrected chi connectivity index (χ0v) is 14.9. The smallest absolute Gasteiger partial charge is 0.228 e. The van der Waals surface area contributed by atoms with Gasteiger partial charge in [-0.05, 0) is 36.8 Å². The Bertz CT molecular complexity index is 826. The Hall–Kier alpha value is -2.24. The Balaban J connectivity index is 1.58. The van der Waals surface area contributed by atoms with Crippen LogP contribution >= 0.6 is 23.2 Å². The Morgan fingerprint density at radius 3 is 2.48 bits per heavy atom. The fourth-order valence-electron chi connectivity index (χ4n) is 2.53. The summed E-state index contributed by atoms with van der Waals surface area (Å²) < 4.78 is 5.12. The van der Waals surface area contributed by atoms with Crippen molar-refractivity contribution in [1.29, 1.82) is 0 Å². The van der Waals surface area contributed by atoms with Gasteiger partial charge in [-0.25, -0.2) is 0 Å². The maximum absolute atomic E-state index is 12.3. The monoisotopic (exact) mass is 378 g/mol. The van der Waals surface area contributed by atoms with Crippen LogP contribution in [0.25, 0.3) is 0 Å². The molecule has 25 heavy (non-hydrogen) atoms.